The van der Waals surface area contributed by atoms with Gasteiger partial charge in [-0.2, -0.15) is 0 Å². The zero-order chi connectivity index (χ0) is 13.5. The highest BCUT2D eigenvalue weighted by atomic mass is 15.2. The van der Waals surface area contributed by atoms with Crippen molar-refractivity contribution >= 4 is 11.6 Å². The van der Waals surface area contributed by atoms with Gasteiger partial charge >= 0.3 is 0 Å². The van der Waals surface area contributed by atoms with Gasteiger partial charge in [0.15, 0.2) is 0 Å². The summed E-state index contributed by atoms with van der Waals surface area (Å²) < 4.78 is 0. The Morgan fingerprint density at radius 1 is 1.17 bits per heavy atom. The molecule has 18 heavy (non-hydrogen) atoms. The SMILES string of the molecule is CCCNc1cc(N(C)CCN(C)C)nc(C)n1. The van der Waals surface area contributed by atoms with Gasteiger partial charge in [-0.05, 0) is 27.4 Å². The normalized spacial score (nSPS) is 10.8. The predicted octanol–water partition coefficient (Wildman–Crippen LogP) is 1.60. The van der Waals surface area contributed by atoms with Gasteiger partial charge in [-0.15, -0.1) is 0 Å². The molecule has 0 aliphatic rings. The van der Waals surface area contributed by atoms with E-state index in [0.29, 0.717) is 0 Å². The Morgan fingerprint density at radius 3 is 2.50 bits per heavy atom. The summed E-state index contributed by atoms with van der Waals surface area (Å²) >= 11 is 0. The second-order valence-corrected chi connectivity index (χ2v) is 4.81. The lowest BCUT2D eigenvalue weighted by Gasteiger charge is -2.21. The topological polar surface area (TPSA) is 44.3 Å². The van der Waals surface area contributed by atoms with E-state index >= 15 is 0 Å². The number of aryl methyl sites for hydroxylation is 1. The molecule has 0 radical (unpaired) electrons. The quantitative estimate of drug-likeness (QED) is 0.797. The van der Waals surface area contributed by atoms with Crippen LogP contribution in [0.15, 0.2) is 6.07 Å². The zero-order valence-corrected chi connectivity index (χ0v) is 12.2. The van der Waals surface area contributed by atoms with Crippen molar-refractivity contribution < 1.29 is 0 Å². The molecule has 0 fully saturated rings. The average Bonchev–Trinajstić information content (AvgIpc) is 2.32. The molecule has 0 saturated heterocycles. The highest BCUT2D eigenvalue weighted by Gasteiger charge is 2.06. The Kier molecular flexibility index (Phi) is 5.85. The molecule has 1 N–H and O–H groups in total. The van der Waals surface area contributed by atoms with Crippen molar-refractivity contribution in [3.05, 3.63) is 11.9 Å². The van der Waals surface area contributed by atoms with E-state index < -0.39 is 0 Å². The molecule has 0 unspecified atom stereocenters. The van der Waals surface area contributed by atoms with Crippen LogP contribution in [0.25, 0.3) is 0 Å². The average molecular weight is 251 g/mol. The van der Waals surface area contributed by atoms with Crippen molar-refractivity contribution in [1.29, 1.82) is 0 Å². The van der Waals surface area contributed by atoms with Gasteiger partial charge in [0.2, 0.25) is 0 Å². The maximum absolute atomic E-state index is 4.48. The van der Waals surface area contributed by atoms with E-state index in [1.54, 1.807) is 0 Å². The Hall–Kier alpha value is -1.36. The molecule has 1 aromatic heterocycles. The van der Waals surface area contributed by atoms with Crippen LogP contribution in [0.5, 0.6) is 0 Å². The molecular weight excluding hydrogens is 226 g/mol. The fourth-order valence-corrected chi connectivity index (χ4v) is 1.56. The highest BCUT2D eigenvalue weighted by molar-refractivity contribution is 5.48. The summed E-state index contributed by atoms with van der Waals surface area (Å²) in [4.78, 5) is 13.2. The third-order valence-electron chi connectivity index (χ3n) is 2.65. The van der Waals surface area contributed by atoms with E-state index in [4.69, 9.17) is 0 Å². The molecule has 0 bridgehead atoms. The highest BCUT2D eigenvalue weighted by Crippen LogP contribution is 2.14. The van der Waals surface area contributed by atoms with E-state index in [1.165, 1.54) is 0 Å². The van der Waals surface area contributed by atoms with Crippen molar-refractivity contribution in [2.24, 2.45) is 0 Å². The van der Waals surface area contributed by atoms with Gasteiger partial charge in [0.05, 0.1) is 0 Å². The second kappa shape index (κ2) is 7.16. The Bertz CT molecular complexity index is 364. The van der Waals surface area contributed by atoms with Gasteiger partial charge in [0, 0.05) is 32.7 Å². The molecule has 0 saturated carbocycles. The number of rotatable bonds is 7. The van der Waals surface area contributed by atoms with E-state index in [9.17, 15) is 0 Å². The minimum atomic E-state index is 0.808. The van der Waals surface area contributed by atoms with E-state index in [2.05, 4.69) is 53.2 Å². The molecule has 0 aromatic carbocycles. The molecule has 5 heteroatoms. The first-order chi connectivity index (χ1) is 8.52. The Morgan fingerprint density at radius 2 is 1.89 bits per heavy atom. The minimum Gasteiger partial charge on any atom is -0.370 e. The maximum atomic E-state index is 4.48. The molecule has 0 amide bonds. The third kappa shape index (κ3) is 4.87. The van der Waals surface area contributed by atoms with E-state index in [-0.39, 0.29) is 0 Å². The largest absolute Gasteiger partial charge is 0.370 e. The zero-order valence-electron chi connectivity index (χ0n) is 12.2. The number of aromatic nitrogens is 2. The lowest BCUT2D eigenvalue weighted by atomic mass is 10.4. The van der Waals surface area contributed by atoms with Crippen molar-refractivity contribution in [3.8, 4) is 0 Å². The molecular formula is C13H25N5. The maximum Gasteiger partial charge on any atom is 0.134 e. The third-order valence-corrected chi connectivity index (χ3v) is 2.65. The summed E-state index contributed by atoms with van der Waals surface area (Å²) in [5, 5.41) is 3.31. The smallest absolute Gasteiger partial charge is 0.134 e. The number of hydrogen-bond acceptors (Lipinski definition) is 5. The molecule has 0 atom stereocenters. The van der Waals surface area contributed by atoms with Crippen LogP contribution < -0.4 is 10.2 Å². The number of hydrogen-bond donors (Lipinski definition) is 1. The van der Waals surface area contributed by atoms with Gasteiger partial charge in [-0.1, -0.05) is 6.92 Å². The Labute approximate surface area is 110 Å². The van der Waals surface area contributed by atoms with Gasteiger partial charge < -0.3 is 15.1 Å². The minimum absolute atomic E-state index is 0.808. The number of nitrogens with one attached hydrogen (secondary N) is 1. The first kappa shape index (κ1) is 14.7. The lowest BCUT2D eigenvalue weighted by molar-refractivity contribution is 0.416. The summed E-state index contributed by atoms with van der Waals surface area (Å²) in [5.74, 6) is 2.70. The molecule has 1 heterocycles. The molecule has 1 rings (SSSR count). The van der Waals surface area contributed by atoms with Crippen LogP contribution >= 0.6 is 0 Å². The molecule has 1 aromatic rings. The van der Waals surface area contributed by atoms with Crippen molar-refractivity contribution in [2.75, 3.05) is 51.0 Å². The summed E-state index contributed by atoms with van der Waals surface area (Å²) in [6, 6.07) is 2.01. The number of likely N-dealkylation sites (N-methyl/N-ethyl adjacent to an activating group) is 2. The van der Waals surface area contributed by atoms with Crippen molar-refractivity contribution in [1.82, 2.24) is 14.9 Å². The van der Waals surface area contributed by atoms with E-state index in [0.717, 1.165) is 43.5 Å². The molecule has 0 aliphatic carbocycles. The van der Waals surface area contributed by atoms with Crippen LogP contribution in [0.1, 0.15) is 19.2 Å². The summed E-state index contributed by atoms with van der Waals surface area (Å²) in [7, 11) is 6.22. The van der Waals surface area contributed by atoms with Gasteiger partial charge in [-0.3, -0.25) is 0 Å². The molecule has 0 aliphatic heterocycles. The number of nitrogens with zero attached hydrogens (tertiary/aromatic N) is 4. The second-order valence-electron chi connectivity index (χ2n) is 4.81. The van der Waals surface area contributed by atoms with Gasteiger partial charge in [0.1, 0.15) is 17.5 Å². The van der Waals surface area contributed by atoms with Crippen LogP contribution in [0, 0.1) is 6.92 Å². The fourth-order valence-electron chi connectivity index (χ4n) is 1.56. The molecule has 0 spiro atoms. The van der Waals surface area contributed by atoms with Crippen LogP contribution in [0.2, 0.25) is 0 Å². The van der Waals surface area contributed by atoms with Crippen LogP contribution in [-0.2, 0) is 0 Å². The van der Waals surface area contributed by atoms with Crippen LogP contribution in [-0.4, -0.2) is 55.6 Å². The first-order valence-electron chi connectivity index (χ1n) is 6.48. The Balaban J connectivity index is 2.71. The van der Waals surface area contributed by atoms with Crippen LogP contribution in [0.3, 0.4) is 0 Å². The predicted molar refractivity (Wildman–Crippen MR) is 77.4 cm³/mol. The standard InChI is InChI=1S/C13H25N5/c1-6-7-14-12-10-13(16-11(2)15-12)18(5)9-8-17(3)4/h10H,6-9H2,1-5H3,(H,14,15,16). The monoisotopic (exact) mass is 251 g/mol. The summed E-state index contributed by atoms with van der Waals surface area (Å²) in [6.45, 7) is 6.98. The molecule has 102 valence electrons. The van der Waals surface area contributed by atoms with Gasteiger partial charge in [0.25, 0.3) is 0 Å². The first-order valence-corrected chi connectivity index (χ1v) is 6.48. The van der Waals surface area contributed by atoms with Crippen molar-refractivity contribution in [2.45, 2.75) is 20.3 Å². The fraction of sp³-hybridized carbons (Fsp3) is 0.692. The summed E-state index contributed by atoms with van der Waals surface area (Å²) in [6.07, 6.45) is 1.09. The number of anilines is 2. The van der Waals surface area contributed by atoms with Gasteiger partial charge in [-0.25, -0.2) is 9.97 Å². The van der Waals surface area contributed by atoms with Crippen molar-refractivity contribution in [3.63, 3.8) is 0 Å². The van der Waals surface area contributed by atoms with Crippen LogP contribution in [0.4, 0.5) is 11.6 Å². The summed E-state index contributed by atoms with van der Waals surface area (Å²) in [5.41, 5.74) is 0. The lowest BCUT2D eigenvalue weighted by Crippen LogP contribution is -2.29. The molecule has 5 nitrogen and oxygen atoms in total. The van der Waals surface area contributed by atoms with E-state index in [1.807, 2.05) is 13.0 Å².